The molecule has 0 saturated heterocycles. The van der Waals surface area contributed by atoms with Crippen LogP contribution >= 0.6 is 0 Å². The van der Waals surface area contributed by atoms with Gasteiger partial charge in [0, 0.05) is 25.3 Å². The van der Waals surface area contributed by atoms with Crippen molar-refractivity contribution in [2.24, 2.45) is 5.73 Å². The van der Waals surface area contributed by atoms with E-state index in [-0.39, 0.29) is 51.9 Å². The van der Waals surface area contributed by atoms with Crippen molar-refractivity contribution in [1.29, 1.82) is 0 Å². The zero-order valence-electron chi connectivity index (χ0n) is 28.2. The second kappa shape index (κ2) is 20.8. The van der Waals surface area contributed by atoms with Crippen molar-refractivity contribution < 1.29 is 43.3 Å². The Morgan fingerprint density at radius 1 is 0.750 bits per heavy atom. The summed E-state index contributed by atoms with van der Waals surface area (Å²) in [5, 5.41) is 17.8. The zero-order chi connectivity index (χ0) is 35.5. The van der Waals surface area contributed by atoms with Crippen LogP contribution in [0.1, 0.15) is 77.3 Å². The first-order valence-electron chi connectivity index (χ1n) is 16.1. The van der Waals surface area contributed by atoms with Gasteiger partial charge in [0.25, 0.3) is 0 Å². The monoisotopic (exact) mass is 670 g/mol. The van der Waals surface area contributed by atoms with Gasteiger partial charge in [-0.05, 0) is 58.1 Å². The summed E-state index contributed by atoms with van der Waals surface area (Å²) >= 11 is 0. The third kappa shape index (κ3) is 17.5. The molecular formula is C35H50N4O9. The molecule has 3 amide bonds. The molecule has 2 rings (SSSR count). The SMILES string of the molecule is CC(CCC(=O)OCc1ccccc1)NC(=O)C(CCC(=O)OCc1ccccc1)NC(=O)CCC(N)C(=O)NCC(O)OC(C)(C)C. The first-order chi connectivity index (χ1) is 22.7. The minimum atomic E-state index is -1.23. The molecule has 0 heterocycles. The van der Waals surface area contributed by atoms with Gasteiger partial charge >= 0.3 is 11.9 Å². The lowest BCUT2D eigenvalue weighted by atomic mass is 10.1. The number of hydrogen-bond acceptors (Lipinski definition) is 10. The van der Waals surface area contributed by atoms with Gasteiger partial charge in [-0.1, -0.05) is 60.7 Å². The van der Waals surface area contributed by atoms with E-state index in [1.54, 1.807) is 27.7 Å². The van der Waals surface area contributed by atoms with E-state index in [4.69, 9.17) is 19.9 Å². The molecular weight excluding hydrogens is 620 g/mol. The van der Waals surface area contributed by atoms with Gasteiger partial charge in [-0.3, -0.25) is 24.0 Å². The van der Waals surface area contributed by atoms with Crippen LogP contribution in [0.25, 0.3) is 0 Å². The van der Waals surface area contributed by atoms with Gasteiger partial charge in [0.2, 0.25) is 17.7 Å². The number of hydrogen-bond donors (Lipinski definition) is 5. The first-order valence-corrected chi connectivity index (χ1v) is 16.1. The molecule has 0 aliphatic rings. The number of nitrogens with one attached hydrogen (secondary N) is 3. The molecule has 0 saturated carbocycles. The molecule has 2 aromatic rings. The molecule has 4 atom stereocenters. The molecule has 0 spiro atoms. The van der Waals surface area contributed by atoms with Crippen LogP contribution in [0.4, 0.5) is 0 Å². The summed E-state index contributed by atoms with van der Waals surface area (Å²) in [6.45, 7) is 7.03. The van der Waals surface area contributed by atoms with Crippen molar-refractivity contribution in [2.75, 3.05) is 6.54 Å². The minimum absolute atomic E-state index is 0.0388. The average molecular weight is 671 g/mol. The highest BCUT2D eigenvalue weighted by molar-refractivity contribution is 5.88. The number of esters is 2. The van der Waals surface area contributed by atoms with Crippen molar-refractivity contribution >= 4 is 29.7 Å². The van der Waals surface area contributed by atoms with E-state index in [0.717, 1.165) is 11.1 Å². The molecule has 4 unspecified atom stereocenters. The Bertz CT molecular complexity index is 1300. The summed E-state index contributed by atoms with van der Waals surface area (Å²) in [5.41, 5.74) is 6.99. The predicted octanol–water partition coefficient (Wildman–Crippen LogP) is 2.38. The first kappa shape index (κ1) is 39.8. The Labute approximate surface area is 282 Å². The number of aliphatic hydroxyl groups excluding tert-OH is 1. The van der Waals surface area contributed by atoms with Crippen molar-refractivity contribution in [3.05, 3.63) is 71.8 Å². The van der Waals surface area contributed by atoms with Gasteiger partial charge in [-0.25, -0.2) is 0 Å². The molecule has 264 valence electrons. The standard InChI is InChI=1S/C35H50N4O9/c1-24(15-19-30(41)46-22-25-11-7-5-8-12-25)38-34(45)28(17-20-31(42)47-23-26-13-9-6-10-14-26)39-29(40)18-16-27(36)33(44)37-21-32(43)48-35(2,3)4/h5-14,24,27-28,32,43H,15-23,36H2,1-4H3,(H,37,44)(H,38,45)(H,39,40). The maximum Gasteiger partial charge on any atom is 0.306 e. The molecule has 0 aliphatic carbocycles. The number of ether oxygens (including phenoxy) is 3. The Morgan fingerprint density at radius 2 is 1.27 bits per heavy atom. The van der Waals surface area contributed by atoms with E-state index >= 15 is 0 Å². The van der Waals surface area contributed by atoms with Crippen LogP contribution in [0.15, 0.2) is 60.7 Å². The summed E-state index contributed by atoms with van der Waals surface area (Å²) in [6.07, 6.45) is -1.29. The van der Waals surface area contributed by atoms with E-state index in [1.165, 1.54) is 0 Å². The fourth-order valence-corrected chi connectivity index (χ4v) is 4.35. The lowest BCUT2D eigenvalue weighted by Crippen LogP contribution is -2.50. The largest absolute Gasteiger partial charge is 0.461 e. The number of amides is 3. The number of nitrogens with two attached hydrogens (primary N) is 1. The molecule has 0 aromatic heterocycles. The Kier molecular flexibility index (Phi) is 17.3. The van der Waals surface area contributed by atoms with Gasteiger partial charge in [0.05, 0.1) is 18.2 Å². The third-order valence-electron chi connectivity index (χ3n) is 6.90. The van der Waals surface area contributed by atoms with E-state index in [0.29, 0.717) is 6.42 Å². The zero-order valence-corrected chi connectivity index (χ0v) is 28.2. The average Bonchev–Trinajstić information content (AvgIpc) is 3.05. The van der Waals surface area contributed by atoms with Gasteiger partial charge in [-0.2, -0.15) is 0 Å². The number of benzene rings is 2. The number of carbonyl (C=O) groups is 5. The molecule has 48 heavy (non-hydrogen) atoms. The van der Waals surface area contributed by atoms with E-state index in [9.17, 15) is 29.1 Å². The second-order valence-electron chi connectivity index (χ2n) is 12.5. The molecule has 0 radical (unpaired) electrons. The highest BCUT2D eigenvalue weighted by atomic mass is 16.6. The summed E-state index contributed by atoms with van der Waals surface area (Å²) in [7, 11) is 0. The quantitative estimate of drug-likeness (QED) is 0.103. The Morgan fingerprint density at radius 3 is 1.79 bits per heavy atom. The van der Waals surface area contributed by atoms with Crippen molar-refractivity contribution in [3.8, 4) is 0 Å². The third-order valence-corrected chi connectivity index (χ3v) is 6.90. The summed E-state index contributed by atoms with van der Waals surface area (Å²) < 4.78 is 15.9. The van der Waals surface area contributed by atoms with Gasteiger partial charge in [-0.15, -0.1) is 0 Å². The maximum absolute atomic E-state index is 13.2. The fraction of sp³-hybridized carbons (Fsp3) is 0.514. The predicted molar refractivity (Wildman–Crippen MR) is 178 cm³/mol. The van der Waals surface area contributed by atoms with E-state index in [1.807, 2.05) is 60.7 Å². The van der Waals surface area contributed by atoms with Gasteiger partial charge in [0.1, 0.15) is 19.3 Å². The topological polar surface area (TPSA) is 195 Å². The second-order valence-corrected chi connectivity index (χ2v) is 12.5. The smallest absolute Gasteiger partial charge is 0.306 e. The Balaban J connectivity index is 1.88. The maximum atomic E-state index is 13.2. The van der Waals surface area contributed by atoms with Crippen LogP contribution in [-0.2, 0) is 51.4 Å². The molecule has 0 bridgehead atoms. The number of carbonyl (C=O) groups excluding carboxylic acids is 5. The Hall–Kier alpha value is -4.33. The van der Waals surface area contributed by atoms with Crippen LogP contribution < -0.4 is 21.7 Å². The van der Waals surface area contributed by atoms with Crippen molar-refractivity contribution in [3.63, 3.8) is 0 Å². The van der Waals surface area contributed by atoms with Crippen LogP contribution in [0.5, 0.6) is 0 Å². The van der Waals surface area contributed by atoms with E-state index < -0.39 is 59.7 Å². The van der Waals surface area contributed by atoms with Crippen LogP contribution in [0.3, 0.4) is 0 Å². The van der Waals surface area contributed by atoms with Crippen LogP contribution in [0, 0.1) is 0 Å². The number of rotatable bonds is 20. The van der Waals surface area contributed by atoms with E-state index in [2.05, 4.69) is 16.0 Å². The summed E-state index contributed by atoms with van der Waals surface area (Å²) in [4.78, 5) is 63.1. The highest BCUT2D eigenvalue weighted by Crippen LogP contribution is 2.10. The number of aliphatic hydroxyl groups is 1. The highest BCUT2D eigenvalue weighted by Gasteiger charge is 2.25. The lowest BCUT2D eigenvalue weighted by Gasteiger charge is -2.24. The molecule has 13 heteroatoms. The van der Waals surface area contributed by atoms with Crippen LogP contribution in [-0.4, -0.2) is 71.3 Å². The molecule has 13 nitrogen and oxygen atoms in total. The lowest BCUT2D eigenvalue weighted by molar-refractivity contribution is -0.164. The van der Waals surface area contributed by atoms with Crippen molar-refractivity contribution in [2.45, 2.75) is 109 Å². The minimum Gasteiger partial charge on any atom is -0.461 e. The van der Waals surface area contributed by atoms with Gasteiger partial charge in [0.15, 0.2) is 6.29 Å². The van der Waals surface area contributed by atoms with Gasteiger partial charge < -0.3 is 41.0 Å². The summed E-state index contributed by atoms with van der Waals surface area (Å²) in [6, 6.07) is 15.8. The molecule has 2 aromatic carbocycles. The van der Waals surface area contributed by atoms with Crippen LogP contribution in [0.2, 0.25) is 0 Å². The molecule has 0 aliphatic heterocycles. The van der Waals surface area contributed by atoms with Crippen molar-refractivity contribution in [1.82, 2.24) is 16.0 Å². The normalized spacial score (nSPS) is 13.7. The summed E-state index contributed by atoms with van der Waals surface area (Å²) in [5.74, 6) is -2.63. The molecule has 6 N–H and O–H groups in total. The molecule has 0 fully saturated rings. The fourth-order valence-electron chi connectivity index (χ4n) is 4.35.